The maximum Gasteiger partial charge on any atom is 0.176 e. The second-order valence-corrected chi connectivity index (χ2v) is 1.99. The van der Waals surface area contributed by atoms with Crippen LogP contribution in [0, 0.1) is 10.7 Å². The van der Waals surface area contributed by atoms with Crippen LogP contribution in [0.5, 0.6) is 0 Å². The first-order chi connectivity index (χ1) is 4.93. The van der Waals surface area contributed by atoms with Gasteiger partial charge in [-0.25, -0.2) is 4.98 Å². The number of nitrogens with zero attached hydrogens (tertiary/aromatic N) is 4. The molecule has 1 heterocycles. The zero-order valence-electron chi connectivity index (χ0n) is 4.97. The Morgan fingerprint density at radius 1 is 1.80 bits per heavy atom. The Kier molecular flexibility index (Phi) is 2.58. The Labute approximate surface area is 61.6 Å². The zero-order valence-corrected chi connectivity index (χ0v) is 5.78. The van der Waals surface area contributed by atoms with Crippen molar-refractivity contribution in [2.45, 2.75) is 0 Å². The van der Waals surface area contributed by atoms with Gasteiger partial charge in [-0.2, -0.15) is 5.26 Å². The summed E-state index contributed by atoms with van der Waals surface area (Å²) < 4.78 is 0. The summed E-state index contributed by atoms with van der Waals surface area (Å²) in [4.78, 5) is 9.70. The second kappa shape index (κ2) is 3.74. The highest BCUT2D eigenvalue weighted by Crippen LogP contribution is 1.91. The van der Waals surface area contributed by atoms with Gasteiger partial charge in [0.15, 0.2) is 12.3 Å². The summed E-state index contributed by atoms with van der Waals surface area (Å²) in [6.45, 7) is 0. The Morgan fingerprint density at radius 2 is 2.70 bits per heavy atom. The number of hydrogen-bond donors (Lipinski definition) is 0. The molecule has 0 aliphatic rings. The molecule has 52 valence electrons. The standard InChI is InChI=1S/C4H4N4OS/c5-1-10-4-9-8-3-6-2-7-8/h2-3H,4H2. The molecule has 1 aromatic heterocycles. The quantitative estimate of drug-likeness (QED) is 0.347. The molecule has 0 N–H and O–H groups in total. The number of rotatable bonds is 3. The average molecular weight is 156 g/mol. The van der Waals surface area contributed by atoms with Crippen LogP contribution in [0.25, 0.3) is 0 Å². The van der Waals surface area contributed by atoms with E-state index in [1.54, 1.807) is 0 Å². The van der Waals surface area contributed by atoms with E-state index in [0.717, 1.165) is 11.8 Å². The molecule has 0 unspecified atom stereocenters. The van der Waals surface area contributed by atoms with Crippen molar-refractivity contribution < 1.29 is 4.84 Å². The number of nitriles is 1. The van der Waals surface area contributed by atoms with Gasteiger partial charge in [0.1, 0.15) is 11.7 Å². The van der Waals surface area contributed by atoms with Gasteiger partial charge >= 0.3 is 0 Å². The molecule has 0 saturated carbocycles. The van der Waals surface area contributed by atoms with Crippen molar-refractivity contribution in [3.8, 4) is 5.40 Å². The van der Waals surface area contributed by atoms with E-state index in [1.165, 1.54) is 17.5 Å². The maximum absolute atomic E-state index is 8.08. The van der Waals surface area contributed by atoms with Crippen molar-refractivity contribution >= 4 is 11.8 Å². The molecular formula is C4H4N4OS. The van der Waals surface area contributed by atoms with Gasteiger partial charge in [0, 0.05) is 0 Å². The smallest absolute Gasteiger partial charge is 0.176 e. The summed E-state index contributed by atoms with van der Waals surface area (Å²) in [5, 5.41) is 13.6. The van der Waals surface area contributed by atoms with Crippen molar-refractivity contribution in [3.05, 3.63) is 12.7 Å². The van der Waals surface area contributed by atoms with Crippen LogP contribution >= 0.6 is 11.8 Å². The van der Waals surface area contributed by atoms with Crippen LogP contribution in [-0.2, 0) is 0 Å². The molecule has 5 nitrogen and oxygen atoms in total. The molecule has 0 amide bonds. The Morgan fingerprint density at radius 3 is 3.30 bits per heavy atom. The zero-order chi connectivity index (χ0) is 7.23. The fraction of sp³-hybridized carbons (Fsp3) is 0.250. The van der Waals surface area contributed by atoms with E-state index in [2.05, 4.69) is 10.1 Å². The molecule has 0 aliphatic heterocycles. The predicted molar refractivity (Wildman–Crippen MR) is 34.7 cm³/mol. The van der Waals surface area contributed by atoms with Gasteiger partial charge in [-0.05, 0) is 11.8 Å². The molecule has 6 heteroatoms. The van der Waals surface area contributed by atoms with Gasteiger partial charge in [-0.15, -0.1) is 5.10 Å². The minimum absolute atomic E-state index is 0.264. The van der Waals surface area contributed by atoms with E-state index in [1.807, 2.05) is 5.40 Å². The van der Waals surface area contributed by atoms with Crippen LogP contribution < -0.4 is 4.84 Å². The molecule has 0 saturated heterocycles. The van der Waals surface area contributed by atoms with E-state index in [0.29, 0.717) is 0 Å². The van der Waals surface area contributed by atoms with Crippen LogP contribution in [0.3, 0.4) is 0 Å². The largest absolute Gasteiger partial charge is 0.383 e. The Hall–Kier alpha value is -1.22. The summed E-state index contributed by atoms with van der Waals surface area (Å²) in [5.41, 5.74) is 0. The number of thiocyanates is 1. The molecule has 0 radical (unpaired) electrons. The van der Waals surface area contributed by atoms with Crippen molar-refractivity contribution in [1.29, 1.82) is 5.26 Å². The molecule has 0 atom stereocenters. The molecule has 0 bridgehead atoms. The third-order valence-corrected chi connectivity index (χ3v) is 1.06. The lowest BCUT2D eigenvalue weighted by Gasteiger charge is -1.97. The number of hydrogen-bond acceptors (Lipinski definition) is 5. The highest BCUT2D eigenvalue weighted by atomic mass is 32.2. The second-order valence-electron chi connectivity index (χ2n) is 1.28. The molecule has 1 rings (SSSR count). The van der Waals surface area contributed by atoms with Gasteiger partial charge < -0.3 is 4.84 Å². The Balaban J connectivity index is 2.23. The topological polar surface area (TPSA) is 63.7 Å². The highest BCUT2D eigenvalue weighted by molar-refractivity contribution is 8.03. The van der Waals surface area contributed by atoms with Gasteiger partial charge in [-0.1, -0.05) is 4.85 Å². The highest BCUT2D eigenvalue weighted by Gasteiger charge is 1.88. The van der Waals surface area contributed by atoms with Crippen LogP contribution in [0.15, 0.2) is 12.7 Å². The molecular weight excluding hydrogens is 152 g/mol. The van der Waals surface area contributed by atoms with Crippen LogP contribution in [0.1, 0.15) is 0 Å². The fourth-order valence-electron chi connectivity index (χ4n) is 0.371. The lowest BCUT2D eigenvalue weighted by Crippen LogP contribution is -2.10. The fourth-order valence-corrected chi connectivity index (χ4v) is 0.584. The Bertz CT molecular complexity index is 216. The van der Waals surface area contributed by atoms with E-state index in [4.69, 9.17) is 10.1 Å². The predicted octanol–water partition coefficient (Wildman–Crippen LogP) is -0.122. The van der Waals surface area contributed by atoms with Crippen molar-refractivity contribution in [3.63, 3.8) is 0 Å². The molecule has 10 heavy (non-hydrogen) atoms. The molecule has 0 aromatic carbocycles. The van der Waals surface area contributed by atoms with E-state index in [9.17, 15) is 0 Å². The summed E-state index contributed by atoms with van der Waals surface area (Å²) in [6, 6.07) is 0. The minimum atomic E-state index is 0.264. The summed E-state index contributed by atoms with van der Waals surface area (Å²) in [5.74, 6) is 0.264. The van der Waals surface area contributed by atoms with Gasteiger partial charge in [0.05, 0.1) is 0 Å². The lowest BCUT2D eigenvalue weighted by atomic mass is 11.3. The van der Waals surface area contributed by atoms with E-state index < -0.39 is 0 Å². The van der Waals surface area contributed by atoms with Crippen LogP contribution in [0.4, 0.5) is 0 Å². The first kappa shape index (κ1) is 6.89. The number of aromatic nitrogens is 3. The van der Waals surface area contributed by atoms with Gasteiger partial charge in [0.25, 0.3) is 0 Å². The molecule has 0 fully saturated rings. The van der Waals surface area contributed by atoms with E-state index in [-0.39, 0.29) is 5.94 Å². The summed E-state index contributed by atoms with van der Waals surface area (Å²) in [7, 11) is 0. The van der Waals surface area contributed by atoms with Gasteiger partial charge in [-0.3, -0.25) is 0 Å². The molecule has 1 aromatic rings. The average Bonchev–Trinajstić information content (AvgIpc) is 2.41. The van der Waals surface area contributed by atoms with Crippen LogP contribution in [-0.4, -0.2) is 20.9 Å². The first-order valence-corrected chi connectivity index (χ1v) is 3.41. The van der Waals surface area contributed by atoms with Crippen LogP contribution in [0.2, 0.25) is 0 Å². The summed E-state index contributed by atoms with van der Waals surface area (Å²) >= 11 is 1.00. The molecule has 0 aliphatic carbocycles. The normalized spacial score (nSPS) is 8.70. The lowest BCUT2D eigenvalue weighted by molar-refractivity contribution is 0.120. The maximum atomic E-state index is 8.08. The monoisotopic (exact) mass is 156 g/mol. The van der Waals surface area contributed by atoms with Crippen molar-refractivity contribution in [1.82, 2.24) is 14.9 Å². The summed E-state index contributed by atoms with van der Waals surface area (Å²) in [6.07, 6.45) is 2.77. The third kappa shape index (κ3) is 1.95. The molecule has 0 spiro atoms. The first-order valence-electron chi connectivity index (χ1n) is 2.42. The van der Waals surface area contributed by atoms with E-state index >= 15 is 0 Å². The SMILES string of the molecule is N#CSCOn1cncn1. The third-order valence-electron chi connectivity index (χ3n) is 0.706. The number of thioether (sulfide) groups is 1. The van der Waals surface area contributed by atoms with Gasteiger partial charge in [0.2, 0.25) is 0 Å². The van der Waals surface area contributed by atoms with Crippen molar-refractivity contribution in [2.24, 2.45) is 0 Å². The van der Waals surface area contributed by atoms with Crippen molar-refractivity contribution in [2.75, 3.05) is 5.94 Å². The minimum Gasteiger partial charge on any atom is -0.383 e.